The van der Waals surface area contributed by atoms with Gasteiger partial charge in [0.25, 0.3) is 0 Å². The lowest BCUT2D eigenvalue weighted by atomic mass is 9.98. The first-order valence-electron chi connectivity index (χ1n) is 6.91. The van der Waals surface area contributed by atoms with Crippen LogP contribution in [-0.2, 0) is 4.79 Å². The van der Waals surface area contributed by atoms with Crippen molar-refractivity contribution in [3.8, 4) is 0 Å². The Labute approximate surface area is 118 Å². The second kappa shape index (κ2) is 6.60. The number of anilines is 1. The second-order valence-electron chi connectivity index (χ2n) is 5.26. The van der Waals surface area contributed by atoms with E-state index in [0.717, 1.165) is 37.3 Å². The van der Waals surface area contributed by atoms with Crippen LogP contribution in [0, 0.1) is 19.8 Å². The van der Waals surface area contributed by atoms with Crippen LogP contribution >= 0.6 is 0 Å². The van der Waals surface area contributed by atoms with Gasteiger partial charge in [0.15, 0.2) is 0 Å². The number of rotatable bonds is 5. The monoisotopic (exact) mass is 279 g/mol. The standard InChI is InChI=1S/C13H21N5O2/c1-9-10(2)16-17-13(15-9)18-5-3-4-11(8-18)6-14-7-12(19)20/h11,14H,3-8H2,1-2H3,(H,19,20). The van der Waals surface area contributed by atoms with Crippen molar-refractivity contribution >= 4 is 11.9 Å². The third-order valence-electron chi connectivity index (χ3n) is 3.59. The van der Waals surface area contributed by atoms with Gasteiger partial charge in [-0.05, 0) is 32.6 Å². The third-order valence-corrected chi connectivity index (χ3v) is 3.59. The number of aromatic nitrogens is 3. The molecule has 0 radical (unpaired) electrons. The molecule has 7 nitrogen and oxygen atoms in total. The molecule has 0 aromatic carbocycles. The molecule has 7 heteroatoms. The van der Waals surface area contributed by atoms with Crippen LogP contribution in [0.4, 0.5) is 5.95 Å². The smallest absolute Gasteiger partial charge is 0.317 e. The maximum Gasteiger partial charge on any atom is 0.317 e. The Morgan fingerprint density at radius 3 is 2.90 bits per heavy atom. The van der Waals surface area contributed by atoms with E-state index in [1.54, 1.807) is 0 Å². The van der Waals surface area contributed by atoms with Crippen molar-refractivity contribution in [3.63, 3.8) is 0 Å². The zero-order chi connectivity index (χ0) is 14.5. The Kier molecular flexibility index (Phi) is 4.84. The zero-order valence-corrected chi connectivity index (χ0v) is 12.0. The maximum absolute atomic E-state index is 10.5. The van der Waals surface area contributed by atoms with Crippen molar-refractivity contribution in [3.05, 3.63) is 11.4 Å². The fourth-order valence-corrected chi connectivity index (χ4v) is 2.38. The first kappa shape index (κ1) is 14.6. The number of carboxylic acid groups (broad SMARTS) is 1. The molecule has 1 aliphatic rings. The van der Waals surface area contributed by atoms with Crippen molar-refractivity contribution in [1.82, 2.24) is 20.5 Å². The zero-order valence-electron chi connectivity index (χ0n) is 12.0. The van der Waals surface area contributed by atoms with E-state index in [1.807, 2.05) is 13.8 Å². The number of hydrogen-bond donors (Lipinski definition) is 2. The SMILES string of the molecule is Cc1nnc(N2CCCC(CNCC(=O)O)C2)nc1C. The fraction of sp³-hybridized carbons (Fsp3) is 0.692. The van der Waals surface area contributed by atoms with Crippen LogP contribution in [0.15, 0.2) is 0 Å². The Hall–Kier alpha value is -1.76. The predicted octanol–water partition coefficient (Wildman–Crippen LogP) is 0.379. The molecule has 1 aromatic heterocycles. The number of piperidine rings is 1. The highest BCUT2D eigenvalue weighted by molar-refractivity contribution is 5.68. The number of nitrogens with zero attached hydrogens (tertiary/aromatic N) is 4. The van der Waals surface area contributed by atoms with Gasteiger partial charge in [0.2, 0.25) is 5.95 Å². The Bertz CT molecular complexity index is 480. The Morgan fingerprint density at radius 1 is 1.40 bits per heavy atom. The summed E-state index contributed by atoms with van der Waals surface area (Å²) in [6.07, 6.45) is 2.16. The minimum absolute atomic E-state index is 0.0121. The molecule has 2 rings (SSSR count). The Balaban J connectivity index is 1.92. The molecule has 20 heavy (non-hydrogen) atoms. The average molecular weight is 279 g/mol. The molecule has 2 heterocycles. The third kappa shape index (κ3) is 3.86. The van der Waals surface area contributed by atoms with E-state index in [2.05, 4.69) is 25.4 Å². The summed E-state index contributed by atoms with van der Waals surface area (Å²) in [4.78, 5) is 17.1. The summed E-state index contributed by atoms with van der Waals surface area (Å²) < 4.78 is 0. The lowest BCUT2D eigenvalue weighted by Crippen LogP contribution is -2.41. The van der Waals surface area contributed by atoms with Gasteiger partial charge in [0.05, 0.1) is 17.9 Å². The number of aliphatic carboxylic acids is 1. The van der Waals surface area contributed by atoms with E-state index in [1.165, 1.54) is 0 Å². The van der Waals surface area contributed by atoms with Crippen molar-refractivity contribution in [2.45, 2.75) is 26.7 Å². The highest BCUT2D eigenvalue weighted by Crippen LogP contribution is 2.19. The first-order chi connectivity index (χ1) is 9.56. The first-order valence-corrected chi connectivity index (χ1v) is 6.91. The fourth-order valence-electron chi connectivity index (χ4n) is 2.38. The van der Waals surface area contributed by atoms with Crippen LogP contribution in [-0.4, -0.2) is 52.4 Å². The van der Waals surface area contributed by atoms with Gasteiger partial charge in [-0.1, -0.05) is 0 Å². The van der Waals surface area contributed by atoms with E-state index in [-0.39, 0.29) is 6.54 Å². The molecular formula is C13H21N5O2. The molecule has 1 atom stereocenters. The molecular weight excluding hydrogens is 258 g/mol. The molecule has 1 aromatic rings. The second-order valence-corrected chi connectivity index (χ2v) is 5.26. The van der Waals surface area contributed by atoms with Crippen molar-refractivity contribution in [1.29, 1.82) is 0 Å². The van der Waals surface area contributed by atoms with Crippen molar-refractivity contribution in [2.24, 2.45) is 5.92 Å². The van der Waals surface area contributed by atoms with Gasteiger partial charge in [0.1, 0.15) is 0 Å². The summed E-state index contributed by atoms with van der Waals surface area (Å²) in [5.41, 5.74) is 1.76. The molecule has 1 fully saturated rings. The summed E-state index contributed by atoms with van der Waals surface area (Å²) in [5.74, 6) is 0.281. The molecule has 2 N–H and O–H groups in total. The Morgan fingerprint density at radius 2 is 2.20 bits per heavy atom. The molecule has 1 aliphatic heterocycles. The van der Waals surface area contributed by atoms with Gasteiger partial charge in [-0.15, -0.1) is 5.10 Å². The summed E-state index contributed by atoms with van der Waals surface area (Å²) in [6, 6.07) is 0. The minimum atomic E-state index is -0.820. The highest BCUT2D eigenvalue weighted by atomic mass is 16.4. The number of hydrogen-bond acceptors (Lipinski definition) is 6. The summed E-state index contributed by atoms with van der Waals surface area (Å²) in [7, 11) is 0. The van der Waals surface area contributed by atoms with Gasteiger partial charge >= 0.3 is 5.97 Å². The van der Waals surface area contributed by atoms with E-state index in [9.17, 15) is 4.79 Å². The van der Waals surface area contributed by atoms with Gasteiger partial charge in [0, 0.05) is 19.6 Å². The van der Waals surface area contributed by atoms with Crippen LogP contribution in [0.5, 0.6) is 0 Å². The normalized spacial score (nSPS) is 19.1. The summed E-state index contributed by atoms with van der Waals surface area (Å²) >= 11 is 0. The van der Waals surface area contributed by atoms with Gasteiger partial charge in [-0.2, -0.15) is 5.10 Å². The lowest BCUT2D eigenvalue weighted by Gasteiger charge is -2.32. The van der Waals surface area contributed by atoms with Crippen LogP contribution in [0.3, 0.4) is 0 Å². The molecule has 0 amide bonds. The average Bonchev–Trinajstić information content (AvgIpc) is 2.42. The molecule has 0 saturated carbocycles. The number of nitrogens with one attached hydrogen (secondary N) is 1. The summed E-state index contributed by atoms with van der Waals surface area (Å²) in [5, 5.41) is 19.9. The highest BCUT2D eigenvalue weighted by Gasteiger charge is 2.22. The van der Waals surface area contributed by atoms with Crippen molar-refractivity contribution in [2.75, 3.05) is 31.1 Å². The number of carboxylic acids is 1. The molecule has 1 saturated heterocycles. The van der Waals surface area contributed by atoms with Crippen molar-refractivity contribution < 1.29 is 9.90 Å². The van der Waals surface area contributed by atoms with Crippen LogP contribution in [0.1, 0.15) is 24.2 Å². The van der Waals surface area contributed by atoms with Gasteiger partial charge < -0.3 is 15.3 Å². The topological polar surface area (TPSA) is 91.2 Å². The predicted molar refractivity (Wildman–Crippen MR) is 74.7 cm³/mol. The minimum Gasteiger partial charge on any atom is -0.480 e. The van der Waals surface area contributed by atoms with Crippen LogP contribution in [0.25, 0.3) is 0 Å². The van der Waals surface area contributed by atoms with E-state index >= 15 is 0 Å². The lowest BCUT2D eigenvalue weighted by molar-refractivity contribution is -0.136. The van der Waals surface area contributed by atoms with Gasteiger partial charge in [-0.25, -0.2) is 4.98 Å². The van der Waals surface area contributed by atoms with Crippen LogP contribution in [0.2, 0.25) is 0 Å². The van der Waals surface area contributed by atoms with Gasteiger partial charge in [-0.3, -0.25) is 4.79 Å². The van der Waals surface area contributed by atoms with E-state index < -0.39 is 5.97 Å². The van der Waals surface area contributed by atoms with Crippen LogP contribution < -0.4 is 10.2 Å². The number of carbonyl (C=O) groups is 1. The van der Waals surface area contributed by atoms with E-state index in [0.29, 0.717) is 18.4 Å². The molecule has 0 spiro atoms. The molecule has 110 valence electrons. The molecule has 0 bridgehead atoms. The quantitative estimate of drug-likeness (QED) is 0.805. The molecule has 0 aliphatic carbocycles. The molecule has 1 unspecified atom stereocenters. The number of aryl methyl sites for hydroxylation is 2. The summed E-state index contributed by atoms with van der Waals surface area (Å²) in [6.45, 7) is 6.33. The maximum atomic E-state index is 10.5. The largest absolute Gasteiger partial charge is 0.480 e. The van der Waals surface area contributed by atoms with E-state index in [4.69, 9.17) is 5.11 Å².